The number of nitrogens with zero attached hydrogens (tertiary/aromatic N) is 3. The third-order valence-electron chi connectivity index (χ3n) is 3.22. The molecule has 1 aromatic carbocycles. The molecule has 1 heterocycles. The minimum atomic E-state index is -0.389. The quantitative estimate of drug-likeness (QED) is 0.912. The van der Waals surface area contributed by atoms with Gasteiger partial charge in [0.25, 0.3) is 11.5 Å². The van der Waals surface area contributed by atoms with Gasteiger partial charge in [0.05, 0.1) is 11.4 Å². The van der Waals surface area contributed by atoms with E-state index in [-0.39, 0.29) is 17.2 Å². The molecule has 0 spiro atoms. The van der Waals surface area contributed by atoms with E-state index in [9.17, 15) is 9.59 Å². The molecule has 1 amide bonds. The molecular formula is C16H19ClN4O2. The second-order valence-corrected chi connectivity index (χ2v) is 5.73. The summed E-state index contributed by atoms with van der Waals surface area (Å²) in [7, 11) is 3.75. The van der Waals surface area contributed by atoms with Gasteiger partial charge in [0.1, 0.15) is 5.69 Å². The fourth-order valence-electron chi connectivity index (χ4n) is 2.13. The number of benzene rings is 1. The summed E-state index contributed by atoms with van der Waals surface area (Å²) in [5.74, 6) is -0.389. The first kappa shape index (κ1) is 17.0. The number of aromatic nitrogens is 2. The van der Waals surface area contributed by atoms with Gasteiger partial charge >= 0.3 is 0 Å². The second kappa shape index (κ2) is 7.28. The number of nitrogens with one attached hydrogen (secondary N) is 1. The minimum absolute atomic E-state index is 0.183. The van der Waals surface area contributed by atoms with Crippen LogP contribution in [0.15, 0.2) is 35.1 Å². The van der Waals surface area contributed by atoms with Crippen molar-refractivity contribution in [1.82, 2.24) is 9.78 Å². The van der Waals surface area contributed by atoms with Crippen LogP contribution in [0.4, 0.5) is 11.4 Å². The Morgan fingerprint density at radius 1 is 1.30 bits per heavy atom. The van der Waals surface area contributed by atoms with Gasteiger partial charge in [-0.1, -0.05) is 18.5 Å². The SMILES string of the molecule is CCCn1nc(C(=O)Nc2cc(Cl)ccc2N(C)C)ccc1=O. The van der Waals surface area contributed by atoms with Crippen LogP contribution < -0.4 is 15.8 Å². The first-order valence-corrected chi connectivity index (χ1v) is 7.66. The average Bonchev–Trinajstić information content (AvgIpc) is 2.49. The molecule has 1 aromatic heterocycles. The highest BCUT2D eigenvalue weighted by Crippen LogP contribution is 2.28. The van der Waals surface area contributed by atoms with Gasteiger partial charge in [-0.05, 0) is 30.7 Å². The molecule has 0 radical (unpaired) electrons. The summed E-state index contributed by atoms with van der Waals surface area (Å²) in [6, 6.07) is 8.03. The summed E-state index contributed by atoms with van der Waals surface area (Å²) >= 11 is 6.01. The molecule has 0 fully saturated rings. The molecule has 122 valence electrons. The number of anilines is 2. The van der Waals surface area contributed by atoms with Gasteiger partial charge in [0, 0.05) is 31.7 Å². The lowest BCUT2D eigenvalue weighted by atomic mass is 10.2. The number of rotatable bonds is 5. The summed E-state index contributed by atoms with van der Waals surface area (Å²) in [6.07, 6.45) is 0.761. The van der Waals surface area contributed by atoms with Crippen LogP contribution in [-0.4, -0.2) is 29.8 Å². The standard InChI is InChI=1S/C16H19ClN4O2/c1-4-9-21-15(22)8-6-12(19-21)16(23)18-13-10-11(17)5-7-14(13)20(2)3/h5-8,10H,4,9H2,1-3H3,(H,18,23). The molecule has 6 nitrogen and oxygen atoms in total. The van der Waals surface area contributed by atoms with Gasteiger partial charge in [-0.15, -0.1) is 0 Å². The maximum Gasteiger partial charge on any atom is 0.276 e. The van der Waals surface area contributed by atoms with Gasteiger partial charge in [0.2, 0.25) is 0 Å². The molecule has 2 aromatic rings. The smallest absolute Gasteiger partial charge is 0.276 e. The maximum atomic E-state index is 12.4. The van der Waals surface area contributed by atoms with E-state index < -0.39 is 0 Å². The zero-order valence-corrected chi connectivity index (χ0v) is 14.1. The van der Waals surface area contributed by atoms with Crippen molar-refractivity contribution in [3.63, 3.8) is 0 Å². The number of hydrogen-bond acceptors (Lipinski definition) is 4. The van der Waals surface area contributed by atoms with E-state index in [2.05, 4.69) is 10.4 Å². The first-order valence-electron chi connectivity index (χ1n) is 7.28. The Balaban J connectivity index is 2.31. The highest BCUT2D eigenvalue weighted by Gasteiger charge is 2.13. The van der Waals surface area contributed by atoms with Crippen LogP contribution >= 0.6 is 11.6 Å². The Labute approximate surface area is 139 Å². The summed E-state index contributed by atoms with van der Waals surface area (Å²) < 4.78 is 1.29. The average molecular weight is 335 g/mol. The predicted octanol–water partition coefficient (Wildman–Crippen LogP) is 2.63. The van der Waals surface area contributed by atoms with Crippen molar-refractivity contribution in [2.24, 2.45) is 0 Å². The third-order valence-corrected chi connectivity index (χ3v) is 3.46. The number of aryl methyl sites for hydroxylation is 1. The van der Waals surface area contributed by atoms with Crippen molar-refractivity contribution in [2.75, 3.05) is 24.3 Å². The summed E-state index contributed by atoms with van der Waals surface area (Å²) in [5.41, 5.74) is 1.37. The fraction of sp³-hybridized carbons (Fsp3) is 0.312. The summed E-state index contributed by atoms with van der Waals surface area (Å²) in [5, 5.41) is 7.42. The lowest BCUT2D eigenvalue weighted by Crippen LogP contribution is -2.26. The van der Waals surface area contributed by atoms with E-state index in [0.29, 0.717) is 17.3 Å². The number of carbonyl (C=O) groups excluding carboxylic acids is 1. The van der Waals surface area contributed by atoms with E-state index in [0.717, 1.165) is 12.1 Å². The molecule has 0 atom stereocenters. The zero-order chi connectivity index (χ0) is 17.0. The Morgan fingerprint density at radius 2 is 2.04 bits per heavy atom. The molecule has 23 heavy (non-hydrogen) atoms. The molecule has 0 saturated heterocycles. The predicted molar refractivity (Wildman–Crippen MR) is 92.5 cm³/mol. The highest BCUT2D eigenvalue weighted by molar-refractivity contribution is 6.31. The van der Waals surface area contributed by atoms with E-state index in [1.54, 1.807) is 12.1 Å². The molecule has 1 N–H and O–H groups in total. The Morgan fingerprint density at radius 3 is 2.70 bits per heavy atom. The number of hydrogen-bond donors (Lipinski definition) is 1. The number of carbonyl (C=O) groups is 1. The molecule has 7 heteroatoms. The molecule has 0 bridgehead atoms. The summed E-state index contributed by atoms with van der Waals surface area (Å²) in [6.45, 7) is 2.41. The Kier molecular flexibility index (Phi) is 5.39. The molecule has 0 aliphatic rings. The van der Waals surface area contributed by atoms with Gasteiger partial charge in [-0.25, -0.2) is 4.68 Å². The van der Waals surface area contributed by atoms with Crippen molar-refractivity contribution >= 4 is 28.9 Å². The normalized spacial score (nSPS) is 10.4. The number of halogens is 1. The van der Waals surface area contributed by atoms with E-state index >= 15 is 0 Å². The molecular weight excluding hydrogens is 316 g/mol. The van der Waals surface area contributed by atoms with Crippen LogP contribution in [0.25, 0.3) is 0 Å². The molecule has 2 rings (SSSR count). The van der Waals surface area contributed by atoms with Crippen molar-refractivity contribution in [2.45, 2.75) is 19.9 Å². The Bertz CT molecular complexity index is 771. The molecule has 0 aliphatic heterocycles. The number of amides is 1. The van der Waals surface area contributed by atoms with Gasteiger partial charge in [-0.3, -0.25) is 9.59 Å². The monoisotopic (exact) mass is 334 g/mol. The van der Waals surface area contributed by atoms with Crippen molar-refractivity contribution in [1.29, 1.82) is 0 Å². The third kappa shape index (κ3) is 4.10. The highest BCUT2D eigenvalue weighted by atomic mass is 35.5. The van der Waals surface area contributed by atoms with Crippen molar-refractivity contribution in [3.8, 4) is 0 Å². The fourth-order valence-corrected chi connectivity index (χ4v) is 2.30. The van der Waals surface area contributed by atoms with Crippen LogP contribution in [0.3, 0.4) is 0 Å². The zero-order valence-electron chi connectivity index (χ0n) is 13.3. The molecule has 0 saturated carbocycles. The second-order valence-electron chi connectivity index (χ2n) is 5.29. The van der Waals surface area contributed by atoms with Crippen molar-refractivity contribution in [3.05, 3.63) is 51.4 Å². The lowest BCUT2D eigenvalue weighted by Gasteiger charge is -2.18. The van der Waals surface area contributed by atoms with E-state index in [4.69, 9.17) is 11.6 Å². The molecule has 0 aliphatic carbocycles. The van der Waals surface area contributed by atoms with Crippen LogP contribution in [-0.2, 0) is 6.54 Å². The first-order chi connectivity index (χ1) is 10.9. The maximum absolute atomic E-state index is 12.4. The van der Waals surface area contributed by atoms with Crippen LogP contribution in [0.1, 0.15) is 23.8 Å². The minimum Gasteiger partial charge on any atom is -0.376 e. The van der Waals surface area contributed by atoms with Gasteiger partial charge < -0.3 is 10.2 Å². The van der Waals surface area contributed by atoms with Gasteiger partial charge in [0.15, 0.2) is 0 Å². The lowest BCUT2D eigenvalue weighted by molar-refractivity contribution is 0.102. The van der Waals surface area contributed by atoms with Crippen LogP contribution in [0, 0.1) is 0 Å². The largest absolute Gasteiger partial charge is 0.376 e. The van der Waals surface area contributed by atoms with Crippen LogP contribution in [0.5, 0.6) is 0 Å². The van der Waals surface area contributed by atoms with Crippen molar-refractivity contribution < 1.29 is 4.79 Å². The van der Waals surface area contributed by atoms with Crippen LogP contribution in [0.2, 0.25) is 5.02 Å². The topological polar surface area (TPSA) is 67.2 Å². The van der Waals surface area contributed by atoms with E-state index in [1.165, 1.54) is 16.8 Å². The Hall–Kier alpha value is -2.34. The van der Waals surface area contributed by atoms with Gasteiger partial charge in [-0.2, -0.15) is 5.10 Å². The summed E-state index contributed by atoms with van der Waals surface area (Å²) in [4.78, 5) is 26.0. The van der Waals surface area contributed by atoms with E-state index in [1.807, 2.05) is 32.0 Å². The molecule has 0 unspecified atom stereocenters.